The highest BCUT2D eigenvalue weighted by Gasteiger charge is 2.37. The van der Waals surface area contributed by atoms with Gasteiger partial charge in [-0.3, -0.25) is 4.72 Å². The molecule has 33 heavy (non-hydrogen) atoms. The largest absolute Gasteiger partial charge is 0.497 e. The van der Waals surface area contributed by atoms with E-state index in [1.165, 1.54) is 12.1 Å². The second kappa shape index (κ2) is 8.87. The summed E-state index contributed by atoms with van der Waals surface area (Å²) in [6, 6.07) is 21.5. The van der Waals surface area contributed by atoms with Crippen LogP contribution in [-0.2, 0) is 20.0 Å². The van der Waals surface area contributed by atoms with E-state index in [9.17, 15) is 16.8 Å². The molecule has 0 unspecified atom stereocenters. The van der Waals surface area contributed by atoms with Gasteiger partial charge in [0.15, 0.2) is 0 Å². The summed E-state index contributed by atoms with van der Waals surface area (Å²) in [6.07, 6.45) is 1.39. The van der Waals surface area contributed by atoms with Crippen LogP contribution in [0.2, 0.25) is 0 Å². The summed E-state index contributed by atoms with van der Waals surface area (Å²) in [4.78, 5) is 0.140. The van der Waals surface area contributed by atoms with Gasteiger partial charge >= 0.3 is 0 Å². The number of hydrazone groups is 1. The van der Waals surface area contributed by atoms with Crippen molar-refractivity contribution in [2.24, 2.45) is 5.10 Å². The molecule has 3 aromatic carbocycles. The molecule has 0 radical (unpaired) electrons. The lowest BCUT2D eigenvalue weighted by Crippen LogP contribution is -2.27. The molecule has 0 bridgehead atoms. The average Bonchev–Trinajstić information content (AvgIpc) is 3.25. The van der Waals surface area contributed by atoms with E-state index in [4.69, 9.17) is 4.74 Å². The molecule has 10 heteroatoms. The topological polar surface area (TPSA) is 105 Å². The Balaban J connectivity index is 1.77. The molecule has 0 saturated heterocycles. The number of sulfonamides is 2. The first kappa shape index (κ1) is 22.8. The van der Waals surface area contributed by atoms with Crippen LogP contribution in [0, 0.1) is 0 Å². The van der Waals surface area contributed by atoms with Crippen LogP contribution in [0.4, 0.5) is 5.69 Å². The second-order valence-corrected chi connectivity index (χ2v) is 11.1. The Kier molecular flexibility index (Phi) is 6.13. The summed E-state index contributed by atoms with van der Waals surface area (Å²) in [7, 11) is -5.82. The van der Waals surface area contributed by atoms with Gasteiger partial charge in [-0.25, -0.2) is 8.42 Å². The van der Waals surface area contributed by atoms with Gasteiger partial charge in [0.25, 0.3) is 10.0 Å². The zero-order valence-electron chi connectivity index (χ0n) is 18.0. The molecule has 0 saturated carbocycles. The van der Waals surface area contributed by atoms with Crippen molar-refractivity contribution in [3.8, 4) is 5.75 Å². The molecule has 4 rings (SSSR count). The van der Waals surface area contributed by atoms with Crippen molar-refractivity contribution in [1.29, 1.82) is 0 Å². The molecule has 0 amide bonds. The molecular weight excluding hydrogens is 462 g/mol. The molecule has 1 aliphatic heterocycles. The lowest BCUT2D eigenvalue weighted by molar-refractivity contribution is 0.370. The van der Waals surface area contributed by atoms with Crippen molar-refractivity contribution in [2.75, 3.05) is 18.1 Å². The number of ether oxygens (including phenoxy) is 1. The van der Waals surface area contributed by atoms with E-state index in [0.717, 1.165) is 16.2 Å². The van der Waals surface area contributed by atoms with Crippen molar-refractivity contribution in [3.63, 3.8) is 0 Å². The Morgan fingerprint density at radius 1 is 0.939 bits per heavy atom. The highest BCUT2D eigenvalue weighted by Crippen LogP contribution is 2.37. The number of anilines is 1. The van der Waals surface area contributed by atoms with Gasteiger partial charge in [-0.2, -0.15) is 17.9 Å². The monoisotopic (exact) mass is 485 g/mol. The first-order chi connectivity index (χ1) is 15.7. The molecule has 1 aliphatic rings. The normalized spacial score (nSPS) is 16.4. The van der Waals surface area contributed by atoms with Crippen molar-refractivity contribution < 1.29 is 21.6 Å². The van der Waals surface area contributed by atoms with Gasteiger partial charge in [0.2, 0.25) is 10.0 Å². The van der Waals surface area contributed by atoms with Gasteiger partial charge in [0, 0.05) is 12.1 Å². The SMILES string of the molecule is COc1ccc([C@H]2CC(c3cccc(NS(C)(=O)=O)c3)=NN2S(=O)(=O)c2ccccc2)cc1. The first-order valence-corrected chi connectivity index (χ1v) is 13.4. The predicted molar refractivity (Wildman–Crippen MR) is 127 cm³/mol. The quantitative estimate of drug-likeness (QED) is 0.550. The fraction of sp³-hybridized carbons (Fsp3) is 0.174. The molecule has 0 spiro atoms. The van der Waals surface area contributed by atoms with Crippen molar-refractivity contribution in [3.05, 3.63) is 90.0 Å². The summed E-state index contributed by atoms with van der Waals surface area (Å²) < 4.78 is 59.0. The fourth-order valence-electron chi connectivity index (χ4n) is 3.64. The molecule has 0 aliphatic carbocycles. The zero-order valence-corrected chi connectivity index (χ0v) is 19.7. The van der Waals surface area contributed by atoms with E-state index in [-0.39, 0.29) is 4.90 Å². The average molecular weight is 486 g/mol. The van der Waals surface area contributed by atoms with E-state index in [2.05, 4.69) is 9.82 Å². The van der Waals surface area contributed by atoms with Gasteiger partial charge in [0.1, 0.15) is 5.75 Å². The minimum atomic E-state index is -3.93. The fourth-order valence-corrected chi connectivity index (χ4v) is 5.65. The minimum absolute atomic E-state index is 0.140. The summed E-state index contributed by atoms with van der Waals surface area (Å²) in [6.45, 7) is 0. The van der Waals surface area contributed by atoms with Crippen LogP contribution in [0.25, 0.3) is 0 Å². The van der Waals surface area contributed by atoms with Crippen molar-refractivity contribution >= 4 is 31.4 Å². The highest BCUT2D eigenvalue weighted by atomic mass is 32.2. The molecular formula is C23H23N3O5S2. The van der Waals surface area contributed by atoms with E-state index >= 15 is 0 Å². The Hall–Kier alpha value is -3.37. The van der Waals surface area contributed by atoms with Gasteiger partial charge in [-0.1, -0.05) is 42.5 Å². The summed E-state index contributed by atoms with van der Waals surface area (Å²) >= 11 is 0. The van der Waals surface area contributed by atoms with Gasteiger partial charge < -0.3 is 4.74 Å². The van der Waals surface area contributed by atoms with Crippen LogP contribution in [0.5, 0.6) is 5.75 Å². The summed E-state index contributed by atoms with van der Waals surface area (Å²) in [5.74, 6) is 0.662. The number of methoxy groups -OCH3 is 1. The summed E-state index contributed by atoms with van der Waals surface area (Å²) in [5.41, 5.74) is 2.31. The maximum absolute atomic E-state index is 13.5. The Bertz CT molecular complexity index is 1390. The first-order valence-electron chi connectivity index (χ1n) is 10.1. The van der Waals surface area contributed by atoms with E-state index < -0.39 is 26.1 Å². The lowest BCUT2D eigenvalue weighted by atomic mass is 9.99. The third kappa shape index (κ3) is 5.01. The molecule has 1 atom stereocenters. The third-order valence-corrected chi connectivity index (χ3v) is 7.46. The Morgan fingerprint density at radius 3 is 2.27 bits per heavy atom. The lowest BCUT2D eigenvalue weighted by Gasteiger charge is -2.23. The Morgan fingerprint density at radius 2 is 1.64 bits per heavy atom. The van der Waals surface area contributed by atoms with Crippen LogP contribution in [0.3, 0.4) is 0 Å². The number of rotatable bonds is 7. The highest BCUT2D eigenvalue weighted by molar-refractivity contribution is 7.92. The second-order valence-electron chi connectivity index (χ2n) is 7.59. The van der Waals surface area contributed by atoms with Crippen LogP contribution in [-0.4, -0.2) is 40.3 Å². The molecule has 172 valence electrons. The van der Waals surface area contributed by atoms with E-state index in [1.807, 2.05) is 12.1 Å². The summed E-state index contributed by atoms with van der Waals surface area (Å²) in [5, 5.41) is 4.50. The molecule has 3 aromatic rings. The van der Waals surface area contributed by atoms with Crippen LogP contribution >= 0.6 is 0 Å². The van der Waals surface area contributed by atoms with Gasteiger partial charge in [-0.15, -0.1) is 0 Å². The van der Waals surface area contributed by atoms with Gasteiger partial charge in [-0.05, 0) is 47.5 Å². The zero-order chi connectivity index (χ0) is 23.6. The molecule has 0 fully saturated rings. The van der Waals surface area contributed by atoms with Crippen LogP contribution < -0.4 is 9.46 Å². The molecule has 1 heterocycles. The van der Waals surface area contributed by atoms with Crippen molar-refractivity contribution in [2.45, 2.75) is 17.4 Å². The Labute approximate surface area is 193 Å². The standard InChI is InChI=1S/C23H23N3O5S2/c1-31-20-13-11-17(12-14-20)23-16-22(18-7-6-8-19(15-18)25-32(2,27)28)24-26(23)33(29,30)21-9-4-3-5-10-21/h3-15,23,25H,16H2,1-2H3/t23-/m1/s1. The molecule has 0 aromatic heterocycles. The molecule has 1 N–H and O–H groups in total. The maximum Gasteiger partial charge on any atom is 0.279 e. The predicted octanol–water partition coefficient (Wildman–Crippen LogP) is 3.61. The number of benzene rings is 3. The minimum Gasteiger partial charge on any atom is -0.497 e. The van der Waals surface area contributed by atoms with Gasteiger partial charge in [0.05, 0.1) is 30.0 Å². The van der Waals surface area contributed by atoms with E-state index in [0.29, 0.717) is 29.1 Å². The van der Waals surface area contributed by atoms with Crippen LogP contribution in [0.15, 0.2) is 88.9 Å². The van der Waals surface area contributed by atoms with E-state index in [1.54, 1.807) is 61.7 Å². The smallest absolute Gasteiger partial charge is 0.279 e. The molecule has 8 nitrogen and oxygen atoms in total. The number of hydrogen-bond acceptors (Lipinski definition) is 6. The van der Waals surface area contributed by atoms with Crippen molar-refractivity contribution in [1.82, 2.24) is 4.41 Å². The number of nitrogens with one attached hydrogen (secondary N) is 1. The number of hydrogen-bond donors (Lipinski definition) is 1. The van der Waals surface area contributed by atoms with Crippen LogP contribution in [0.1, 0.15) is 23.6 Å². The number of nitrogens with zero attached hydrogens (tertiary/aromatic N) is 2. The maximum atomic E-state index is 13.5. The third-order valence-electron chi connectivity index (χ3n) is 5.16.